The Morgan fingerprint density at radius 3 is 2.54 bits per heavy atom. The van der Waals surface area contributed by atoms with Crippen LogP contribution in [0.3, 0.4) is 0 Å². The summed E-state index contributed by atoms with van der Waals surface area (Å²) in [6.07, 6.45) is 0.0840. The Bertz CT molecular complexity index is 542. The highest BCUT2D eigenvalue weighted by Gasteiger charge is 2.34. The van der Waals surface area contributed by atoms with Crippen molar-refractivity contribution in [1.29, 1.82) is 0 Å². The highest BCUT2D eigenvalue weighted by Crippen LogP contribution is 2.18. The second kappa shape index (κ2) is 8.88. The van der Waals surface area contributed by atoms with E-state index in [1.807, 2.05) is 0 Å². The summed E-state index contributed by atoms with van der Waals surface area (Å²) in [6.45, 7) is 10.3. The summed E-state index contributed by atoms with van der Waals surface area (Å²) in [4.78, 5) is 14.6. The maximum Gasteiger partial charge on any atom is 0.230 e. The second-order valence-electron chi connectivity index (χ2n) is 6.98. The van der Waals surface area contributed by atoms with Crippen LogP contribution in [0.5, 0.6) is 0 Å². The van der Waals surface area contributed by atoms with Crippen LogP contribution in [0.4, 0.5) is 0 Å². The zero-order valence-electron chi connectivity index (χ0n) is 15.5. The number of carbonyl (C=O) groups is 1. The largest absolute Gasteiger partial charge is 0.378 e. The number of likely N-dealkylation sites (tertiary alicyclic amines) is 1. The van der Waals surface area contributed by atoms with E-state index in [1.54, 1.807) is 18.9 Å². The minimum atomic E-state index is 0.0840. The van der Waals surface area contributed by atoms with Crippen LogP contribution in [-0.2, 0) is 15.3 Å². The molecule has 1 aliphatic heterocycles. The number of aryl methyl sites for hydroxylation is 2. The first-order valence-corrected chi connectivity index (χ1v) is 9.75. The number of hydrogen-bond acceptors (Lipinski definition) is 4. The number of methoxy groups -OCH3 is 1. The average molecular weight is 351 g/mol. The first-order valence-electron chi connectivity index (χ1n) is 8.60. The van der Waals surface area contributed by atoms with E-state index in [4.69, 9.17) is 4.74 Å². The molecule has 1 aromatic carbocycles. The van der Waals surface area contributed by atoms with Crippen molar-refractivity contribution in [3.8, 4) is 0 Å². The van der Waals surface area contributed by atoms with Crippen LogP contribution >= 0.6 is 11.8 Å². The minimum absolute atomic E-state index is 0.0840. The lowest BCUT2D eigenvalue weighted by molar-refractivity contribution is -0.119. The van der Waals surface area contributed by atoms with Crippen LogP contribution in [0.1, 0.15) is 30.5 Å². The number of ether oxygens (including phenoxy) is 1. The van der Waals surface area contributed by atoms with E-state index >= 15 is 0 Å². The maximum absolute atomic E-state index is 12.3. The van der Waals surface area contributed by atoms with Gasteiger partial charge in [-0.25, -0.2) is 0 Å². The summed E-state index contributed by atoms with van der Waals surface area (Å²) >= 11 is 1.66. The van der Waals surface area contributed by atoms with Crippen molar-refractivity contribution in [2.24, 2.45) is 0 Å². The number of benzene rings is 1. The average Bonchev–Trinajstić information content (AvgIpc) is 2.89. The molecule has 1 N–H and O–H groups in total. The SMILES string of the molecule is CO[C@H]1CN(C(C)C)C[C@@H]1NC(=O)CSCc1cc(C)cc(C)c1. The lowest BCUT2D eigenvalue weighted by Crippen LogP contribution is -2.44. The Labute approximate surface area is 150 Å². The number of nitrogens with one attached hydrogen (secondary N) is 1. The third-order valence-corrected chi connectivity index (χ3v) is 5.46. The van der Waals surface area contributed by atoms with E-state index in [0.29, 0.717) is 11.8 Å². The number of hydrogen-bond donors (Lipinski definition) is 1. The number of amides is 1. The fourth-order valence-electron chi connectivity index (χ4n) is 3.26. The van der Waals surface area contributed by atoms with Crippen LogP contribution < -0.4 is 5.32 Å². The van der Waals surface area contributed by atoms with Crippen LogP contribution in [0.2, 0.25) is 0 Å². The molecule has 5 heteroatoms. The molecule has 2 rings (SSSR count). The predicted octanol–water partition coefficient (Wildman–Crippen LogP) is 2.76. The molecular weight excluding hydrogens is 320 g/mol. The highest BCUT2D eigenvalue weighted by atomic mass is 32.2. The fourth-order valence-corrected chi connectivity index (χ4v) is 4.04. The summed E-state index contributed by atoms with van der Waals surface area (Å²) < 4.78 is 5.54. The molecule has 1 fully saturated rings. The minimum Gasteiger partial charge on any atom is -0.378 e. The quantitative estimate of drug-likeness (QED) is 0.821. The smallest absolute Gasteiger partial charge is 0.230 e. The molecule has 1 saturated heterocycles. The van der Waals surface area contributed by atoms with Crippen LogP contribution in [0.15, 0.2) is 18.2 Å². The Morgan fingerprint density at radius 2 is 1.96 bits per heavy atom. The molecule has 1 aromatic rings. The van der Waals surface area contributed by atoms with Crippen molar-refractivity contribution >= 4 is 17.7 Å². The molecule has 2 atom stereocenters. The third kappa shape index (κ3) is 5.50. The number of rotatable bonds is 7. The summed E-state index contributed by atoms with van der Waals surface area (Å²) in [7, 11) is 1.72. The molecule has 0 spiro atoms. The van der Waals surface area contributed by atoms with Gasteiger partial charge >= 0.3 is 0 Å². The van der Waals surface area contributed by atoms with E-state index in [1.165, 1.54) is 16.7 Å². The Kier molecular flexibility index (Phi) is 7.14. The van der Waals surface area contributed by atoms with Gasteiger partial charge in [0.25, 0.3) is 0 Å². The molecule has 0 saturated carbocycles. The van der Waals surface area contributed by atoms with Crippen molar-refractivity contribution in [1.82, 2.24) is 10.2 Å². The number of thioether (sulfide) groups is 1. The van der Waals surface area contributed by atoms with E-state index in [0.717, 1.165) is 18.8 Å². The fraction of sp³-hybridized carbons (Fsp3) is 0.632. The van der Waals surface area contributed by atoms with Gasteiger partial charge in [0.05, 0.1) is 17.9 Å². The molecule has 0 bridgehead atoms. The number of nitrogens with zero attached hydrogens (tertiary/aromatic N) is 1. The molecule has 0 radical (unpaired) electrons. The molecule has 0 unspecified atom stereocenters. The van der Waals surface area contributed by atoms with Crippen molar-refractivity contribution in [2.75, 3.05) is 26.0 Å². The van der Waals surface area contributed by atoms with Gasteiger partial charge in [-0.1, -0.05) is 29.3 Å². The van der Waals surface area contributed by atoms with Crippen LogP contribution in [0.25, 0.3) is 0 Å². The number of carbonyl (C=O) groups excluding carboxylic acids is 1. The van der Waals surface area contributed by atoms with Gasteiger partial charge in [0.1, 0.15) is 0 Å². The summed E-state index contributed by atoms with van der Waals surface area (Å²) in [5, 5.41) is 3.15. The van der Waals surface area contributed by atoms with Gasteiger partial charge in [-0.15, -0.1) is 11.8 Å². The zero-order chi connectivity index (χ0) is 17.7. The van der Waals surface area contributed by atoms with E-state index in [2.05, 4.69) is 56.1 Å². The Hall–Kier alpha value is -1.04. The van der Waals surface area contributed by atoms with Gasteiger partial charge in [-0.05, 0) is 33.3 Å². The normalized spacial score (nSPS) is 21.4. The molecule has 1 heterocycles. The molecule has 24 heavy (non-hydrogen) atoms. The van der Waals surface area contributed by atoms with Crippen LogP contribution in [-0.4, -0.2) is 54.9 Å². The van der Waals surface area contributed by atoms with E-state index in [9.17, 15) is 4.79 Å². The lowest BCUT2D eigenvalue weighted by atomic mass is 10.1. The van der Waals surface area contributed by atoms with Gasteiger partial charge in [-0.2, -0.15) is 0 Å². The zero-order valence-corrected chi connectivity index (χ0v) is 16.3. The van der Waals surface area contributed by atoms with Gasteiger partial charge in [0.2, 0.25) is 5.91 Å². The van der Waals surface area contributed by atoms with Gasteiger partial charge in [0.15, 0.2) is 0 Å². The monoisotopic (exact) mass is 350 g/mol. The van der Waals surface area contributed by atoms with Crippen LogP contribution in [0, 0.1) is 13.8 Å². The standard InChI is InChI=1S/C19H30N2O2S/c1-13(2)21-9-17(18(10-21)23-5)20-19(22)12-24-11-16-7-14(3)6-15(4)8-16/h6-8,13,17-18H,9-12H2,1-5H3,(H,20,22)/t17-,18-/m0/s1. The second-order valence-corrected chi connectivity index (χ2v) is 7.97. The van der Waals surface area contributed by atoms with Crippen molar-refractivity contribution < 1.29 is 9.53 Å². The Morgan fingerprint density at radius 1 is 1.29 bits per heavy atom. The van der Waals surface area contributed by atoms with Gasteiger partial charge < -0.3 is 10.1 Å². The molecule has 1 aliphatic rings. The summed E-state index contributed by atoms with van der Waals surface area (Å²) in [5.41, 5.74) is 3.84. The molecule has 0 aromatic heterocycles. The maximum atomic E-state index is 12.3. The summed E-state index contributed by atoms with van der Waals surface area (Å²) in [6, 6.07) is 7.12. The first kappa shape index (κ1) is 19.3. The third-order valence-electron chi connectivity index (χ3n) is 4.46. The van der Waals surface area contributed by atoms with E-state index < -0.39 is 0 Å². The molecular formula is C19H30N2O2S. The summed E-state index contributed by atoms with van der Waals surface area (Å²) in [5.74, 6) is 1.45. The predicted molar refractivity (Wildman–Crippen MR) is 102 cm³/mol. The lowest BCUT2D eigenvalue weighted by Gasteiger charge is -2.20. The molecule has 134 valence electrons. The molecule has 0 aliphatic carbocycles. The van der Waals surface area contributed by atoms with Crippen molar-refractivity contribution in [2.45, 2.75) is 51.6 Å². The molecule has 4 nitrogen and oxygen atoms in total. The highest BCUT2D eigenvalue weighted by molar-refractivity contribution is 7.99. The molecule has 1 amide bonds. The van der Waals surface area contributed by atoms with E-state index in [-0.39, 0.29) is 18.1 Å². The van der Waals surface area contributed by atoms with Gasteiger partial charge in [0, 0.05) is 32.0 Å². The first-order chi connectivity index (χ1) is 11.4. The van der Waals surface area contributed by atoms with Crippen molar-refractivity contribution in [3.05, 3.63) is 34.9 Å². The van der Waals surface area contributed by atoms with Gasteiger partial charge in [-0.3, -0.25) is 9.69 Å². The van der Waals surface area contributed by atoms with Crippen molar-refractivity contribution in [3.63, 3.8) is 0 Å². The topological polar surface area (TPSA) is 41.6 Å². The Balaban J connectivity index is 1.78.